The molecule has 0 aliphatic carbocycles. The lowest BCUT2D eigenvalue weighted by molar-refractivity contribution is 0.102. The molecule has 5 nitrogen and oxygen atoms in total. The predicted octanol–water partition coefficient (Wildman–Crippen LogP) is 3.73. The number of para-hydroxylation sites is 1. The van der Waals surface area contributed by atoms with Crippen LogP contribution in [0.3, 0.4) is 0 Å². The van der Waals surface area contributed by atoms with Gasteiger partial charge in [0, 0.05) is 18.3 Å². The first-order valence-electron chi connectivity index (χ1n) is 8.04. The lowest BCUT2D eigenvalue weighted by Crippen LogP contribution is -2.17. The molecule has 1 aromatic carbocycles. The minimum absolute atomic E-state index is 0.209. The quantitative estimate of drug-likeness (QED) is 0.853. The van der Waals surface area contributed by atoms with Gasteiger partial charge >= 0.3 is 0 Å². The van der Waals surface area contributed by atoms with Crippen molar-refractivity contribution in [2.75, 3.05) is 17.2 Å². The van der Waals surface area contributed by atoms with Gasteiger partial charge in [-0.15, -0.1) is 0 Å². The highest BCUT2D eigenvalue weighted by Crippen LogP contribution is 2.22. The van der Waals surface area contributed by atoms with Crippen LogP contribution in [0.15, 0.2) is 24.3 Å². The third-order valence-electron chi connectivity index (χ3n) is 3.61. The molecule has 0 bridgehead atoms. The maximum absolute atomic E-state index is 12.6. The summed E-state index contributed by atoms with van der Waals surface area (Å²) in [4.78, 5) is 21.2. The molecule has 0 spiro atoms. The maximum Gasteiger partial charge on any atom is 0.274 e. The first-order valence-corrected chi connectivity index (χ1v) is 8.04. The van der Waals surface area contributed by atoms with Crippen molar-refractivity contribution in [3.05, 3.63) is 46.9 Å². The van der Waals surface area contributed by atoms with Crippen molar-refractivity contribution in [3.8, 4) is 0 Å². The van der Waals surface area contributed by atoms with Gasteiger partial charge in [0.1, 0.15) is 17.3 Å². The summed E-state index contributed by atoms with van der Waals surface area (Å²) in [6.45, 7) is 8.76. The van der Waals surface area contributed by atoms with Crippen molar-refractivity contribution in [1.82, 2.24) is 9.97 Å². The van der Waals surface area contributed by atoms with Crippen LogP contribution >= 0.6 is 0 Å². The average Bonchev–Trinajstić information content (AvgIpc) is 2.54. The van der Waals surface area contributed by atoms with Crippen LogP contribution < -0.4 is 10.6 Å². The van der Waals surface area contributed by atoms with E-state index in [2.05, 4.69) is 34.4 Å². The van der Waals surface area contributed by atoms with E-state index in [9.17, 15) is 4.79 Å². The highest BCUT2D eigenvalue weighted by molar-refractivity contribution is 6.04. The van der Waals surface area contributed by atoms with E-state index < -0.39 is 0 Å². The number of benzene rings is 1. The van der Waals surface area contributed by atoms with Crippen molar-refractivity contribution in [2.24, 2.45) is 0 Å². The van der Waals surface area contributed by atoms with E-state index in [1.165, 1.54) is 0 Å². The maximum atomic E-state index is 12.6. The summed E-state index contributed by atoms with van der Waals surface area (Å²) >= 11 is 0. The molecule has 122 valence electrons. The van der Waals surface area contributed by atoms with Crippen LogP contribution in [-0.2, 0) is 6.42 Å². The standard InChI is InChI=1S/C18H24N4O/c1-5-10-19-16-11-15(20-13(4)21-16)18(23)22-17-12(3)8-7-9-14(17)6-2/h7-9,11H,5-6,10H2,1-4H3,(H,22,23)(H,19,20,21). The number of carbonyl (C=O) groups is 1. The second-order valence-electron chi connectivity index (χ2n) is 5.53. The Balaban J connectivity index is 2.26. The topological polar surface area (TPSA) is 66.9 Å². The number of nitrogens with zero attached hydrogens (tertiary/aromatic N) is 2. The van der Waals surface area contributed by atoms with Crippen LogP contribution in [0.1, 0.15) is 47.7 Å². The van der Waals surface area contributed by atoms with Gasteiger partial charge in [-0.2, -0.15) is 0 Å². The molecule has 5 heteroatoms. The first-order chi connectivity index (χ1) is 11.0. The van der Waals surface area contributed by atoms with Gasteiger partial charge in [-0.3, -0.25) is 4.79 Å². The second kappa shape index (κ2) is 7.72. The Kier molecular flexibility index (Phi) is 5.68. The zero-order valence-corrected chi connectivity index (χ0v) is 14.2. The summed E-state index contributed by atoms with van der Waals surface area (Å²) in [6, 6.07) is 7.73. The van der Waals surface area contributed by atoms with Crippen LogP contribution in [0.5, 0.6) is 0 Å². The zero-order valence-electron chi connectivity index (χ0n) is 14.2. The number of rotatable bonds is 6. The van der Waals surface area contributed by atoms with E-state index in [1.807, 2.05) is 25.1 Å². The van der Waals surface area contributed by atoms with E-state index in [1.54, 1.807) is 13.0 Å². The van der Waals surface area contributed by atoms with Crippen LogP contribution in [0, 0.1) is 13.8 Å². The van der Waals surface area contributed by atoms with Gasteiger partial charge in [-0.1, -0.05) is 32.0 Å². The van der Waals surface area contributed by atoms with Gasteiger partial charge in [0.2, 0.25) is 0 Å². The second-order valence-corrected chi connectivity index (χ2v) is 5.53. The summed E-state index contributed by atoms with van der Waals surface area (Å²) in [5.74, 6) is 1.06. The van der Waals surface area contributed by atoms with E-state index >= 15 is 0 Å². The van der Waals surface area contributed by atoms with E-state index in [0.29, 0.717) is 17.3 Å². The first kappa shape index (κ1) is 16.9. The summed E-state index contributed by atoms with van der Waals surface area (Å²) in [7, 11) is 0. The highest BCUT2D eigenvalue weighted by atomic mass is 16.1. The average molecular weight is 312 g/mol. The van der Waals surface area contributed by atoms with Crippen molar-refractivity contribution < 1.29 is 4.79 Å². The molecule has 0 aliphatic rings. The van der Waals surface area contributed by atoms with Gasteiger partial charge in [0.25, 0.3) is 5.91 Å². The number of aromatic nitrogens is 2. The molecule has 0 atom stereocenters. The van der Waals surface area contributed by atoms with E-state index in [-0.39, 0.29) is 5.91 Å². The molecule has 1 amide bonds. The molecule has 0 saturated heterocycles. The van der Waals surface area contributed by atoms with Gasteiger partial charge < -0.3 is 10.6 Å². The normalized spacial score (nSPS) is 10.4. The Morgan fingerprint density at radius 2 is 1.96 bits per heavy atom. The molecule has 1 aromatic heterocycles. The molecular weight excluding hydrogens is 288 g/mol. The Hall–Kier alpha value is -2.43. The molecule has 0 unspecified atom stereocenters. The van der Waals surface area contributed by atoms with E-state index in [4.69, 9.17) is 0 Å². The molecule has 0 aliphatic heterocycles. The van der Waals surface area contributed by atoms with Crippen LogP contribution in [0.4, 0.5) is 11.5 Å². The molecule has 1 heterocycles. The number of amides is 1. The molecule has 2 N–H and O–H groups in total. The lowest BCUT2D eigenvalue weighted by Gasteiger charge is -2.13. The fraction of sp³-hybridized carbons (Fsp3) is 0.389. The molecule has 0 saturated carbocycles. The molecule has 2 aromatic rings. The van der Waals surface area contributed by atoms with Crippen molar-refractivity contribution in [3.63, 3.8) is 0 Å². The number of carbonyl (C=O) groups excluding carboxylic acids is 1. The minimum Gasteiger partial charge on any atom is -0.370 e. The van der Waals surface area contributed by atoms with E-state index in [0.717, 1.165) is 36.2 Å². The van der Waals surface area contributed by atoms with Crippen molar-refractivity contribution >= 4 is 17.4 Å². The largest absolute Gasteiger partial charge is 0.370 e. The van der Waals surface area contributed by atoms with Crippen molar-refractivity contribution in [1.29, 1.82) is 0 Å². The fourth-order valence-electron chi connectivity index (χ4n) is 2.41. The van der Waals surface area contributed by atoms with Crippen LogP contribution in [0.25, 0.3) is 0 Å². The summed E-state index contributed by atoms with van der Waals surface area (Å²) in [6.07, 6.45) is 1.86. The SMILES string of the molecule is CCCNc1cc(C(=O)Nc2c(C)cccc2CC)nc(C)n1. The summed E-state index contributed by atoms with van der Waals surface area (Å²) in [5.41, 5.74) is 3.42. The van der Waals surface area contributed by atoms with Gasteiger partial charge in [-0.05, 0) is 37.8 Å². The molecule has 2 rings (SSSR count). The predicted molar refractivity (Wildman–Crippen MR) is 94.1 cm³/mol. The Bertz CT molecular complexity index is 697. The van der Waals surface area contributed by atoms with Gasteiger partial charge in [0.05, 0.1) is 0 Å². The fourth-order valence-corrected chi connectivity index (χ4v) is 2.41. The molecule has 23 heavy (non-hydrogen) atoms. The highest BCUT2D eigenvalue weighted by Gasteiger charge is 2.13. The van der Waals surface area contributed by atoms with Gasteiger partial charge in [0.15, 0.2) is 0 Å². The third-order valence-corrected chi connectivity index (χ3v) is 3.61. The summed E-state index contributed by atoms with van der Waals surface area (Å²) in [5, 5.41) is 6.20. The van der Waals surface area contributed by atoms with Crippen molar-refractivity contribution in [2.45, 2.75) is 40.5 Å². The van der Waals surface area contributed by atoms with Crippen LogP contribution in [0.2, 0.25) is 0 Å². The molecule has 0 fully saturated rings. The lowest BCUT2D eigenvalue weighted by atomic mass is 10.1. The number of hydrogen-bond acceptors (Lipinski definition) is 4. The Morgan fingerprint density at radius 1 is 1.17 bits per heavy atom. The Morgan fingerprint density at radius 3 is 2.65 bits per heavy atom. The molecule has 0 radical (unpaired) electrons. The monoisotopic (exact) mass is 312 g/mol. The summed E-state index contributed by atoms with van der Waals surface area (Å²) < 4.78 is 0. The van der Waals surface area contributed by atoms with Gasteiger partial charge in [-0.25, -0.2) is 9.97 Å². The number of anilines is 2. The number of hydrogen-bond donors (Lipinski definition) is 2. The third kappa shape index (κ3) is 4.28. The number of nitrogens with one attached hydrogen (secondary N) is 2. The molecular formula is C18H24N4O. The Labute approximate surface area is 137 Å². The smallest absolute Gasteiger partial charge is 0.274 e. The van der Waals surface area contributed by atoms with Crippen LogP contribution in [-0.4, -0.2) is 22.4 Å². The number of aryl methyl sites for hydroxylation is 3. The zero-order chi connectivity index (χ0) is 16.8. The minimum atomic E-state index is -0.209.